The van der Waals surface area contributed by atoms with E-state index in [2.05, 4.69) is 0 Å². The molecule has 3 atom stereocenters. The van der Waals surface area contributed by atoms with Gasteiger partial charge in [0.25, 0.3) is 0 Å². The van der Waals surface area contributed by atoms with Crippen molar-refractivity contribution in [2.75, 3.05) is 0 Å². The maximum atomic E-state index is 11.9. The highest BCUT2D eigenvalue weighted by Crippen LogP contribution is 2.50. The van der Waals surface area contributed by atoms with Gasteiger partial charge in [-0.05, 0) is 20.8 Å². The molecule has 16 heavy (non-hydrogen) atoms. The van der Waals surface area contributed by atoms with Crippen molar-refractivity contribution in [2.24, 2.45) is 0 Å². The van der Waals surface area contributed by atoms with Gasteiger partial charge in [0.15, 0.2) is 5.56 Å². The van der Waals surface area contributed by atoms with Gasteiger partial charge >= 0.3 is 5.97 Å². The second-order valence-corrected chi connectivity index (χ2v) is 7.01. The third kappa shape index (κ3) is 1.80. The molecule has 6 heteroatoms. The normalized spacial score (nSPS) is 33.0. The summed E-state index contributed by atoms with van der Waals surface area (Å²) in [6.07, 6.45) is 0.522. The van der Waals surface area contributed by atoms with Gasteiger partial charge in [0, 0.05) is 4.75 Å². The van der Waals surface area contributed by atoms with E-state index in [0.717, 1.165) is 0 Å². The van der Waals surface area contributed by atoms with Crippen LogP contribution in [0.1, 0.15) is 27.2 Å². The molecule has 2 aliphatic rings. The van der Waals surface area contributed by atoms with Crippen molar-refractivity contribution >= 4 is 35.2 Å². The van der Waals surface area contributed by atoms with Gasteiger partial charge in [-0.3, -0.25) is 4.79 Å². The smallest absolute Gasteiger partial charge is 0.331 e. The molecule has 0 saturated carbocycles. The molecule has 90 valence electrons. The summed E-state index contributed by atoms with van der Waals surface area (Å²) < 4.78 is 4.68. The van der Waals surface area contributed by atoms with Gasteiger partial charge in [-0.2, -0.15) is 0 Å². The van der Waals surface area contributed by atoms with Crippen LogP contribution >= 0.6 is 23.4 Å². The summed E-state index contributed by atoms with van der Waals surface area (Å²) in [4.78, 5) is 25.0. The van der Waals surface area contributed by atoms with Gasteiger partial charge in [-0.15, -0.1) is 11.8 Å². The van der Waals surface area contributed by atoms with E-state index in [4.69, 9.17) is 16.3 Å². The molecule has 2 fully saturated rings. The number of fused-ring (bicyclic) bond motifs is 1. The van der Waals surface area contributed by atoms with Gasteiger partial charge < -0.3 is 9.64 Å². The fourth-order valence-corrected chi connectivity index (χ4v) is 3.89. The van der Waals surface area contributed by atoms with Gasteiger partial charge in [-0.1, -0.05) is 11.6 Å². The highest BCUT2D eigenvalue weighted by atomic mass is 35.5. The number of rotatable bonds is 2. The quantitative estimate of drug-likeness (QED) is 0.431. The first-order valence-electron chi connectivity index (χ1n) is 5.16. The van der Waals surface area contributed by atoms with Crippen molar-refractivity contribution < 1.29 is 14.3 Å². The minimum Gasteiger partial charge on any atom is -0.445 e. The second kappa shape index (κ2) is 3.81. The van der Waals surface area contributed by atoms with E-state index in [1.54, 1.807) is 23.6 Å². The van der Waals surface area contributed by atoms with Crippen LogP contribution in [0.25, 0.3) is 0 Å². The number of β-lactam (4-membered cyclic amide) rings is 1. The fraction of sp³-hybridized carbons (Fsp3) is 0.800. The first-order valence-corrected chi connectivity index (χ1v) is 6.48. The van der Waals surface area contributed by atoms with Crippen LogP contribution < -0.4 is 0 Å². The lowest BCUT2D eigenvalue weighted by molar-refractivity contribution is -0.162. The third-order valence-electron chi connectivity index (χ3n) is 2.83. The van der Waals surface area contributed by atoms with E-state index in [1.807, 2.05) is 13.8 Å². The number of carbonyl (C=O) groups excluding carboxylic acids is 2. The molecule has 0 aromatic carbocycles. The van der Waals surface area contributed by atoms with Crippen LogP contribution in [0.4, 0.5) is 0 Å². The van der Waals surface area contributed by atoms with Crippen LogP contribution in [-0.4, -0.2) is 38.5 Å². The molecule has 0 aromatic heterocycles. The van der Waals surface area contributed by atoms with E-state index in [1.165, 1.54) is 0 Å². The van der Waals surface area contributed by atoms with Crippen LogP contribution in [0, 0.1) is 0 Å². The first-order chi connectivity index (χ1) is 7.33. The maximum Gasteiger partial charge on any atom is 0.331 e. The fourth-order valence-electron chi connectivity index (χ4n) is 2.18. The van der Waals surface area contributed by atoms with Gasteiger partial charge in [-0.25, -0.2) is 4.79 Å². The van der Waals surface area contributed by atoms with Crippen LogP contribution in [0.2, 0.25) is 0 Å². The number of hydrogen-bond donors (Lipinski definition) is 0. The summed E-state index contributed by atoms with van der Waals surface area (Å²) in [6, 6.07) is -0.509. The lowest BCUT2D eigenvalue weighted by Crippen LogP contribution is -2.57. The Morgan fingerprint density at radius 3 is 2.81 bits per heavy atom. The molecular weight excluding hydrogens is 250 g/mol. The topological polar surface area (TPSA) is 46.6 Å². The predicted molar refractivity (Wildman–Crippen MR) is 62.1 cm³/mol. The molecule has 1 amide bonds. The summed E-state index contributed by atoms with van der Waals surface area (Å²) in [7, 11) is 0. The molecule has 2 aliphatic heterocycles. The van der Waals surface area contributed by atoms with Crippen molar-refractivity contribution in [3.05, 3.63) is 0 Å². The van der Waals surface area contributed by atoms with E-state index in [-0.39, 0.29) is 16.0 Å². The number of nitrogens with zero attached hydrogens (tertiary/aromatic N) is 1. The van der Waals surface area contributed by atoms with Crippen LogP contribution in [0.3, 0.4) is 0 Å². The summed E-state index contributed by atoms with van der Waals surface area (Å²) in [5, 5.41) is 0.130. The van der Waals surface area contributed by atoms with Crippen molar-refractivity contribution in [1.82, 2.24) is 4.90 Å². The number of thioether (sulfide) groups is 1. The standard InChI is InChI=1S/C10H14ClNO3S/c1-5(11)15-9(14)8-10(2,3)16-7-4-6(13)12(7)8/h5,7-8H,4H2,1-3H3/t5?,7-,8+/m1/s1. The molecule has 0 bridgehead atoms. The minimum absolute atomic E-state index is 0.0206. The first kappa shape index (κ1) is 12.0. The third-order valence-corrected chi connectivity index (χ3v) is 4.41. The lowest BCUT2D eigenvalue weighted by Gasteiger charge is -2.37. The highest BCUT2D eigenvalue weighted by Gasteiger charge is 2.59. The zero-order valence-corrected chi connectivity index (χ0v) is 11.0. The Hall–Kier alpha value is -0.420. The molecule has 0 radical (unpaired) electrons. The summed E-state index contributed by atoms with van der Waals surface area (Å²) in [5.41, 5.74) is -0.663. The molecule has 1 unspecified atom stereocenters. The Morgan fingerprint density at radius 2 is 2.31 bits per heavy atom. The average Bonchev–Trinajstić information content (AvgIpc) is 2.31. The number of carbonyl (C=O) groups is 2. The van der Waals surface area contributed by atoms with Crippen molar-refractivity contribution in [3.63, 3.8) is 0 Å². The number of hydrogen-bond acceptors (Lipinski definition) is 4. The molecule has 2 rings (SSSR count). The zero-order valence-electron chi connectivity index (χ0n) is 9.40. The highest BCUT2D eigenvalue weighted by molar-refractivity contribution is 8.01. The van der Waals surface area contributed by atoms with E-state index >= 15 is 0 Å². The van der Waals surface area contributed by atoms with Gasteiger partial charge in [0.05, 0.1) is 11.8 Å². The molecule has 0 N–H and O–H groups in total. The van der Waals surface area contributed by atoms with Gasteiger partial charge in [0.1, 0.15) is 6.04 Å². The average molecular weight is 264 g/mol. The van der Waals surface area contributed by atoms with Gasteiger partial charge in [0.2, 0.25) is 5.91 Å². The van der Waals surface area contributed by atoms with Crippen molar-refractivity contribution in [2.45, 2.75) is 48.9 Å². The SMILES string of the molecule is CC(Cl)OC(=O)[C@@H]1N2C(=O)C[C@H]2SC1(C)C. The maximum absolute atomic E-state index is 11.9. The Bertz CT molecular complexity index is 345. The summed E-state index contributed by atoms with van der Waals surface area (Å²) >= 11 is 7.28. The minimum atomic E-state index is -0.663. The zero-order chi connectivity index (χ0) is 12.1. The number of amides is 1. The lowest BCUT2D eigenvalue weighted by atomic mass is 9.98. The molecule has 0 spiro atoms. The van der Waals surface area contributed by atoms with Crippen molar-refractivity contribution in [1.29, 1.82) is 0 Å². The Balaban J connectivity index is 2.17. The van der Waals surface area contributed by atoms with E-state index < -0.39 is 17.6 Å². The van der Waals surface area contributed by atoms with Crippen LogP contribution in [-0.2, 0) is 14.3 Å². The Kier molecular flexibility index (Phi) is 2.87. The Labute approximate surface area is 104 Å². The van der Waals surface area contributed by atoms with Crippen molar-refractivity contribution in [3.8, 4) is 0 Å². The largest absolute Gasteiger partial charge is 0.445 e. The monoisotopic (exact) mass is 263 g/mol. The molecular formula is C10H14ClNO3S. The van der Waals surface area contributed by atoms with Crippen LogP contribution in [0.5, 0.6) is 0 Å². The molecule has 2 heterocycles. The molecule has 0 aromatic rings. The number of halogens is 1. The second-order valence-electron chi connectivity index (χ2n) is 4.56. The Morgan fingerprint density at radius 1 is 1.69 bits per heavy atom. The molecule has 2 saturated heterocycles. The van der Waals surface area contributed by atoms with E-state index in [9.17, 15) is 9.59 Å². The van der Waals surface area contributed by atoms with E-state index in [0.29, 0.717) is 6.42 Å². The number of alkyl halides is 1. The number of ether oxygens (including phenoxy) is 1. The molecule has 4 nitrogen and oxygen atoms in total. The molecule has 0 aliphatic carbocycles. The predicted octanol–water partition coefficient (Wildman–Crippen LogP) is 1.57. The summed E-state index contributed by atoms with van der Waals surface area (Å²) in [6.45, 7) is 5.49. The number of esters is 1. The summed E-state index contributed by atoms with van der Waals surface area (Å²) in [5.74, 6) is -0.386. The van der Waals surface area contributed by atoms with Crippen LogP contribution in [0.15, 0.2) is 0 Å².